The van der Waals surface area contributed by atoms with Crippen molar-refractivity contribution in [1.82, 2.24) is 0 Å². The SMILES string of the molecule is C[C@@H]1C[C@H]2[C@@H]3CC=C4CC5(CC[C@]4(C)[C@H]3CC[C@]2(C)[C@@]1(O)C(=O)C(O)C(O)C(=O)O)OCCO5. The van der Waals surface area contributed by atoms with Crippen molar-refractivity contribution in [3.8, 4) is 0 Å². The van der Waals surface area contributed by atoms with Crippen LogP contribution in [0.4, 0.5) is 0 Å². The van der Waals surface area contributed by atoms with E-state index < -0.39 is 46.7 Å². The van der Waals surface area contributed by atoms with Gasteiger partial charge >= 0.3 is 5.97 Å². The molecule has 5 rings (SSSR count). The van der Waals surface area contributed by atoms with Crippen LogP contribution in [0.2, 0.25) is 0 Å². The second-order valence-electron chi connectivity index (χ2n) is 12.0. The van der Waals surface area contributed by atoms with E-state index in [2.05, 4.69) is 13.0 Å². The van der Waals surface area contributed by atoms with E-state index in [1.54, 1.807) is 6.92 Å². The van der Waals surface area contributed by atoms with E-state index in [0.29, 0.717) is 32.0 Å². The molecule has 8 nitrogen and oxygen atoms in total. The topological polar surface area (TPSA) is 134 Å². The number of carbonyl (C=O) groups is 2. The van der Waals surface area contributed by atoms with Crippen LogP contribution in [0.25, 0.3) is 0 Å². The number of aliphatic hydroxyl groups excluding tert-OH is 2. The van der Waals surface area contributed by atoms with Gasteiger partial charge in [-0.25, -0.2) is 4.79 Å². The fourth-order valence-corrected chi connectivity index (χ4v) is 8.72. The monoisotopic (exact) mass is 478 g/mol. The molecule has 0 bridgehead atoms. The molecule has 0 amide bonds. The molecule has 0 aromatic carbocycles. The van der Waals surface area contributed by atoms with Gasteiger partial charge in [-0.3, -0.25) is 4.79 Å². The highest BCUT2D eigenvalue weighted by molar-refractivity contribution is 5.96. The summed E-state index contributed by atoms with van der Waals surface area (Å²) in [7, 11) is 0. The smallest absolute Gasteiger partial charge is 0.335 e. The van der Waals surface area contributed by atoms with Crippen molar-refractivity contribution in [2.45, 2.75) is 89.3 Å². The predicted molar refractivity (Wildman–Crippen MR) is 120 cm³/mol. The average Bonchev–Trinajstić information content (AvgIpc) is 3.34. The van der Waals surface area contributed by atoms with Gasteiger partial charge in [-0.05, 0) is 61.2 Å². The van der Waals surface area contributed by atoms with Crippen LogP contribution in [-0.2, 0) is 19.1 Å². The first-order chi connectivity index (χ1) is 15.9. The quantitative estimate of drug-likeness (QED) is 0.451. The van der Waals surface area contributed by atoms with Crippen LogP contribution in [0.3, 0.4) is 0 Å². The molecule has 8 heteroatoms. The van der Waals surface area contributed by atoms with E-state index in [9.17, 15) is 24.9 Å². The van der Waals surface area contributed by atoms with E-state index in [1.165, 1.54) is 5.57 Å². The third-order valence-corrected chi connectivity index (χ3v) is 10.7. The minimum atomic E-state index is -2.25. The molecule has 3 saturated carbocycles. The van der Waals surface area contributed by atoms with Crippen molar-refractivity contribution in [3.05, 3.63) is 11.6 Å². The molecule has 2 unspecified atom stereocenters. The molecule has 190 valence electrons. The minimum absolute atomic E-state index is 0.0256. The zero-order valence-electron chi connectivity index (χ0n) is 20.3. The number of carboxylic acid groups (broad SMARTS) is 1. The summed E-state index contributed by atoms with van der Waals surface area (Å²) < 4.78 is 12.0. The fourth-order valence-electron chi connectivity index (χ4n) is 8.72. The third kappa shape index (κ3) is 3.08. The van der Waals surface area contributed by atoms with Gasteiger partial charge in [0, 0.05) is 18.3 Å². The first-order valence-electron chi connectivity index (χ1n) is 12.7. The highest BCUT2D eigenvalue weighted by Crippen LogP contribution is 2.69. The lowest BCUT2D eigenvalue weighted by atomic mass is 9.46. The van der Waals surface area contributed by atoms with Crippen LogP contribution in [-0.4, -0.2) is 69.0 Å². The molecule has 0 radical (unpaired) electrons. The van der Waals surface area contributed by atoms with E-state index in [-0.39, 0.29) is 17.3 Å². The maximum Gasteiger partial charge on any atom is 0.335 e. The zero-order valence-corrected chi connectivity index (χ0v) is 20.3. The summed E-state index contributed by atoms with van der Waals surface area (Å²) in [4.78, 5) is 24.5. The van der Waals surface area contributed by atoms with E-state index >= 15 is 0 Å². The van der Waals surface area contributed by atoms with Gasteiger partial charge in [-0.1, -0.05) is 32.4 Å². The molecule has 5 aliphatic rings. The highest BCUT2D eigenvalue weighted by atomic mass is 16.7. The Morgan fingerprint density at radius 3 is 2.38 bits per heavy atom. The molecule has 4 aliphatic carbocycles. The van der Waals surface area contributed by atoms with Crippen LogP contribution in [0.1, 0.15) is 65.7 Å². The Labute approximate surface area is 200 Å². The van der Waals surface area contributed by atoms with Crippen LogP contribution in [0.15, 0.2) is 11.6 Å². The van der Waals surface area contributed by atoms with Gasteiger partial charge in [0.05, 0.1) is 13.2 Å². The normalized spacial score (nSPS) is 46.7. The number of ketones is 1. The van der Waals surface area contributed by atoms with Gasteiger partial charge < -0.3 is 29.9 Å². The van der Waals surface area contributed by atoms with E-state index in [4.69, 9.17) is 14.6 Å². The molecular formula is C26H38O8. The molecular weight excluding hydrogens is 440 g/mol. The Hall–Kier alpha value is -1.32. The lowest BCUT2D eigenvalue weighted by Crippen LogP contribution is -2.62. The maximum absolute atomic E-state index is 13.3. The molecule has 34 heavy (non-hydrogen) atoms. The van der Waals surface area contributed by atoms with Crippen LogP contribution in [0, 0.1) is 34.5 Å². The second-order valence-corrected chi connectivity index (χ2v) is 12.0. The molecule has 9 atom stereocenters. The van der Waals surface area contributed by atoms with Crippen LogP contribution < -0.4 is 0 Å². The molecule has 1 aliphatic heterocycles. The molecule has 0 aromatic rings. The summed E-state index contributed by atoms with van der Waals surface area (Å²) in [6.07, 6.45) is 3.52. The molecule has 4 fully saturated rings. The van der Waals surface area contributed by atoms with Gasteiger partial charge in [0.2, 0.25) is 0 Å². The molecule has 1 heterocycles. The van der Waals surface area contributed by atoms with E-state index in [0.717, 1.165) is 32.1 Å². The number of Topliss-reactive ketones (excluding diaryl/α,β-unsaturated/α-hetero) is 1. The molecule has 0 aromatic heterocycles. The summed E-state index contributed by atoms with van der Waals surface area (Å²) in [6.45, 7) is 7.36. The van der Waals surface area contributed by atoms with Crippen LogP contribution >= 0.6 is 0 Å². The number of ether oxygens (including phenoxy) is 2. The first-order valence-corrected chi connectivity index (χ1v) is 12.7. The van der Waals surface area contributed by atoms with Crippen molar-refractivity contribution < 1.29 is 39.5 Å². The van der Waals surface area contributed by atoms with Crippen molar-refractivity contribution in [1.29, 1.82) is 0 Å². The Kier molecular flexibility index (Phi) is 5.62. The lowest BCUT2D eigenvalue weighted by Gasteiger charge is -2.59. The Morgan fingerprint density at radius 1 is 1.06 bits per heavy atom. The Morgan fingerprint density at radius 2 is 1.74 bits per heavy atom. The molecule has 1 spiro atoms. The van der Waals surface area contributed by atoms with Gasteiger partial charge in [-0.2, -0.15) is 0 Å². The number of fused-ring (bicyclic) bond motifs is 5. The number of carboxylic acids is 1. The van der Waals surface area contributed by atoms with Crippen molar-refractivity contribution in [3.63, 3.8) is 0 Å². The third-order valence-electron chi connectivity index (χ3n) is 10.7. The number of rotatable bonds is 4. The Bertz CT molecular complexity index is 908. The largest absolute Gasteiger partial charge is 0.479 e. The number of carbonyl (C=O) groups excluding carboxylic acids is 1. The van der Waals surface area contributed by atoms with Crippen LogP contribution in [0.5, 0.6) is 0 Å². The summed E-state index contributed by atoms with van der Waals surface area (Å²) >= 11 is 0. The van der Waals surface area contributed by atoms with E-state index in [1.807, 2.05) is 6.92 Å². The van der Waals surface area contributed by atoms with Gasteiger partial charge in [0.15, 0.2) is 23.8 Å². The second kappa shape index (κ2) is 7.84. The summed E-state index contributed by atoms with van der Waals surface area (Å²) in [6, 6.07) is 0. The predicted octanol–water partition coefficient (Wildman–Crippen LogP) is 2.04. The lowest BCUT2D eigenvalue weighted by molar-refractivity contribution is -0.192. The zero-order chi connectivity index (χ0) is 24.7. The average molecular weight is 479 g/mol. The number of aliphatic hydroxyl groups is 3. The number of hydrogen-bond acceptors (Lipinski definition) is 7. The molecule has 1 saturated heterocycles. The Balaban J connectivity index is 1.44. The fraction of sp³-hybridized carbons (Fsp3) is 0.846. The van der Waals surface area contributed by atoms with Crippen molar-refractivity contribution in [2.24, 2.45) is 34.5 Å². The number of allylic oxidation sites excluding steroid dienone is 1. The standard InChI is InChI=1S/C26H38O8/c1-14-12-18-16-5-4-15-13-25(33-10-11-34-25)9-8-23(15,2)17(16)6-7-24(18,3)26(14,32)21(29)19(27)20(28)22(30)31/h4,14,16-20,27-28,32H,5-13H2,1-3H3,(H,30,31)/t14-,16-,17+,18+,19?,20?,23+,24+,26+/m1/s1. The summed E-state index contributed by atoms with van der Waals surface area (Å²) in [5, 5.41) is 41.1. The van der Waals surface area contributed by atoms with Gasteiger partial charge in [0.1, 0.15) is 5.60 Å². The molecule has 4 N–H and O–H groups in total. The number of hydrogen-bond donors (Lipinski definition) is 4. The first kappa shape index (κ1) is 24.4. The summed E-state index contributed by atoms with van der Waals surface area (Å²) in [5.74, 6) is -2.79. The minimum Gasteiger partial charge on any atom is -0.479 e. The highest BCUT2D eigenvalue weighted by Gasteiger charge is 2.70. The number of aliphatic carboxylic acids is 1. The van der Waals surface area contributed by atoms with Gasteiger partial charge in [-0.15, -0.1) is 0 Å². The van der Waals surface area contributed by atoms with Crippen molar-refractivity contribution in [2.75, 3.05) is 13.2 Å². The summed E-state index contributed by atoms with van der Waals surface area (Å²) in [5.41, 5.74) is -1.24. The van der Waals surface area contributed by atoms with Crippen molar-refractivity contribution >= 4 is 11.8 Å². The van der Waals surface area contributed by atoms with Gasteiger partial charge in [0.25, 0.3) is 0 Å². The maximum atomic E-state index is 13.3.